The number of hydrogen-bond donors (Lipinski definition) is 2. The van der Waals surface area contributed by atoms with Crippen LogP contribution in [0.2, 0.25) is 0 Å². The van der Waals surface area contributed by atoms with E-state index in [0.717, 1.165) is 6.08 Å². The highest BCUT2D eigenvalue weighted by molar-refractivity contribution is 7.99. The molecule has 0 aliphatic heterocycles. The summed E-state index contributed by atoms with van der Waals surface area (Å²) in [5, 5.41) is 11.9. The first kappa shape index (κ1) is 21.2. The van der Waals surface area contributed by atoms with Gasteiger partial charge in [-0.15, -0.1) is 0 Å². The molecule has 1 amide bonds. The molecule has 28 heavy (non-hydrogen) atoms. The van der Waals surface area contributed by atoms with Crippen LogP contribution in [0, 0.1) is 0 Å². The molecule has 0 aromatic heterocycles. The third kappa shape index (κ3) is 6.58. The van der Waals surface area contributed by atoms with Crippen molar-refractivity contribution in [1.82, 2.24) is 0 Å². The van der Waals surface area contributed by atoms with Crippen molar-refractivity contribution in [3.8, 4) is 11.5 Å². The molecule has 148 valence electrons. The molecule has 0 radical (unpaired) electrons. The van der Waals surface area contributed by atoms with Gasteiger partial charge in [0, 0.05) is 11.0 Å². The molecule has 2 rings (SSSR count). The zero-order valence-corrected chi connectivity index (χ0v) is 15.5. The fraction of sp³-hybridized carbons (Fsp3) is 0.158. The van der Waals surface area contributed by atoms with Gasteiger partial charge in [-0.05, 0) is 35.9 Å². The molecule has 9 heteroatoms. The van der Waals surface area contributed by atoms with Gasteiger partial charge in [0.1, 0.15) is 0 Å². The fourth-order valence-corrected chi connectivity index (χ4v) is 2.70. The van der Waals surface area contributed by atoms with E-state index in [2.05, 4.69) is 5.32 Å². The topological polar surface area (TPSA) is 84.9 Å². The molecule has 0 fully saturated rings. The Morgan fingerprint density at radius 3 is 2.71 bits per heavy atom. The first-order chi connectivity index (χ1) is 13.4. The predicted molar refractivity (Wildman–Crippen MR) is 102 cm³/mol. The Bertz CT molecular complexity index is 873. The Balaban J connectivity index is 1.88. The number of thioether (sulfide) groups is 1. The largest absolute Gasteiger partial charge is 0.504 e. The van der Waals surface area contributed by atoms with Crippen molar-refractivity contribution < 1.29 is 33.0 Å². The van der Waals surface area contributed by atoms with E-state index < -0.39 is 24.2 Å². The van der Waals surface area contributed by atoms with Crippen molar-refractivity contribution in [2.45, 2.75) is 10.7 Å². The smallest absolute Gasteiger partial charge is 0.331 e. The van der Waals surface area contributed by atoms with E-state index in [0.29, 0.717) is 17.3 Å². The van der Waals surface area contributed by atoms with Crippen molar-refractivity contribution in [2.24, 2.45) is 0 Å². The van der Waals surface area contributed by atoms with Gasteiger partial charge in [0.05, 0.1) is 12.8 Å². The Morgan fingerprint density at radius 2 is 2.00 bits per heavy atom. The van der Waals surface area contributed by atoms with Gasteiger partial charge in [-0.25, -0.2) is 4.79 Å². The lowest BCUT2D eigenvalue weighted by Crippen LogP contribution is -2.20. The number of ether oxygens (including phenoxy) is 2. The van der Waals surface area contributed by atoms with Crippen molar-refractivity contribution in [2.75, 3.05) is 19.0 Å². The van der Waals surface area contributed by atoms with Crippen LogP contribution < -0.4 is 10.1 Å². The van der Waals surface area contributed by atoms with E-state index in [9.17, 15) is 23.5 Å². The summed E-state index contributed by atoms with van der Waals surface area (Å²) in [7, 11) is 1.40. The van der Waals surface area contributed by atoms with E-state index in [-0.39, 0.29) is 22.1 Å². The standard InChI is InChI=1S/C19H17F2NO5S/c1-26-15-10-12(6-8-14(15)23)7-9-18(25)27-11-17(24)22-13-4-2-3-5-16(13)28-19(20)21/h2-10,19,23H,11H2,1H3,(H,22,24)/b9-7+. The number of halogens is 2. The minimum atomic E-state index is -2.63. The van der Waals surface area contributed by atoms with Gasteiger partial charge >= 0.3 is 5.97 Å². The summed E-state index contributed by atoms with van der Waals surface area (Å²) < 4.78 is 34.9. The molecular formula is C19H17F2NO5S. The van der Waals surface area contributed by atoms with Crippen LogP contribution in [0.3, 0.4) is 0 Å². The van der Waals surface area contributed by atoms with Gasteiger partial charge in [-0.1, -0.05) is 30.0 Å². The maximum absolute atomic E-state index is 12.5. The molecule has 0 heterocycles. The second kappa shape index (κ2) is 10.3. The van der Waals surface area contributed by atoms with Crippen LogP contribution in [0.5, 0.6) is 11.5 Å². The Labute approximate surface area is 164 Å². The maximum atomic E-state index is 12.5. The Kier molecular flexibility index (Phi) is 7.82. The number of phenols is 1. The molecule has 0 saturated carbocycles. The molecular weight excluding hydrogens is 392 g/mol. The number of rotatable bonds is 8. The lowest BCUT2D eigenvalue weighted by atomic mass is 10.2. The van der Waals surface area contributed by atoms with Gasteiger partial charge in [0.2, 0.25) is 0 Å². The quantitative estimate of drug-likeness (QED) is 0.391. The predicted octanol–water partition coefficient (Wildman–Crippen LogP) is 3.91. The van der Waals surface area contributed by atoms with E-state index in [1.807, 2.05) is 0 Å². The van der Waals surface area contributed by atoms with Crippen LogP contribution in [0.15, 0.2) is 53.4 Å². The summed E-state index contributed by atoms with van der Waals surface area (Å²) in [5.41, 5.74) is 0.787. The summed E-state index contributed by atoms with van der Waals surface area (Å²) in [6.45, 7) is -0.574. The monoisotopic (exact) mass is 409 g/mol. The molecule has 2 aromatic rings. The lowest BCUT2D eigenvalue weighted by Gasteiger charge is -2.10. The van der Waals surface area contributed by atoms with Gasteiger partial charge in [0.15, 0.2) is 18.1 Å². The van der Waals surface area contributed by atoms with Gasteiger partial charge in [0.25, 0.3) is 11.7 Å². The SMILES string of the molecule is COc1cc(/C=C/C(=O)OCC(=O)Nc2ccccc2SC(F)F)ccc1O. The number of phenolic OH excluding ortho intramolecular Hbond substituents is 1. The number of methoxy groups -OCH3 is 1. The third-order valence-electron chi connectivity index (χ3n) is 3.34. The number of alkyl halides is 2. The van der Waals surface area contributed by atoms with E-state index in [1.165, 1.54) is 37.5 Å². The van der Waals surface area contributed by atoms with Crippen LogP contribution in [0.4, 0.5) is 14.5 Å². The third-order valence-corrected chi connectivity index (χ3v) is 4.13. The van der Waals surface area contributed by atoms with Crippen molar-refractivity contribution >= 4 is 35.4 Å². The number of anilines is 1. The molecule has 2 aromatic carbocycles. The fourth-order valence-electron chi connectivity index (χ4n) is 2.10. The van der Waals surface area contributed by atoms with Gasteiger partial charge in [-0.2, -0.15) is 8.78 Å². The lowest BCUT2D eigenvalue weighted by molar-refractivity contribution is -0.142. The molecule has 0 atom stereocenters. The molecule has 0 aliphatic rings. The number of benzene rings is 2. The minimum absolute atomic E-state index is 0.0378. The average molecular weight is 409 g/mol. The summed E-state index contributed by atoms with van der Waals surface area (Å²) in [6, 6.07) is 10.6. The number of amides is 1. The summed E-state index contributed by atoms with van der Waals surface area (Å²) in [6.07, 6.45) is 2.54. The molecule has 0 unspecified atom stereocenters. The second-order valence-electron chi connectivity index (χ2n) is 5.30. The van der Waals surface area contributed by atoms with Crippen molar-refractivity contribution in [3.05, 3.63) is 54.1 Å². The molecule has 0 spiro atoms. The maximum Gasteiger partial charge on any atom is 0.331 e. The number of para-hydroxylation sites is 1. The van der Waals surface area contributed by atoms with Gasteiger partial charge in [-0.3, -0.25) is 4.79 Å². The first-order valence-corrected chi connectivity index (χ1v) is 8.82. The zero-order chi connectivity index (χ0) is 20.5. The number of nitrogens with one attached hydrogen (secondary N) is 1. The highest BCUT2D eigenvalue weighted by atomic mass is 32.2. The molecule has 0 bridgehead atoms. The van der Waals surface area contributed by atoms with Crippen LogP contribution >= 0.6 is 11.8 Å². The van der Waals surface area contributed by atoms with Crippen molar-refractivity contribution in [1.29, 1.82) is 0 Å². The molecule has 0 saturated heterocycles. The van der Waals surface area contributed by atoms with Crippen LogP contribution in [-0.2, 0) is 14.3 Å². The highest BCUT2D eigenvalue weighted by Crippen LogP contribution is 2.31. The van der Waals surface area contributed by atoms with E-state index in [4.69, 9.17) is 9.47 Å². The zero-order valence-electron chi connectivity index (χ0n) is 14.7. The van der Waals surface area contributed by atoms with E-state index >= 15 is 0 Å². The highest BCUT2D eigenvalue weighted by Gasteiger charge is 2.12. The Hall–Kier alpha value is -3.07. The van der Waals surface area contributed by atoms with Crippen LogP contribution in [0.1, 0.15) is 5.56 Å². The number of hydrogen-bond acceptors (Lipinski definition) is 6. The molecule has 0 aliphatic carbocycles. The van der Waals surface area contributed by atoms with Crippen LogP contribution in [-0.4, -0.2) is 36.5 Å². The normalized spacial score (nSPS) is 10.9. The summed E-state index contributed by atoms with van der Waals surface area (Å²) >= 11 is 0.306. The Morgan fingerprint density at radius 1 is 1.25 bits per heavy atom. The van der Waals surface area contributed by atoms with Gasteiger partial charge < -0.3 is 19.9 Å². The van der Waals surface area contributed by atoms with Crippen LogP contribution in [0.25, 0.3) is 6.08 Å². The summed E-state index contributed by atoms with van der Waals surface area (Å²) in [5.74, 6) is -3.84. The number of aromatic hydroxyl groups is 1. The summed E-state index contributed by atoms with van der Waals surface area (Å²) in [4.78, 5) is 23.8. The molecule has 2 N–H and O–H groups in total. The van der Waals surface area contributed by atoms with E-state index in [1.54, 1.807) is 18.2 Å². The van der Waals surface area contributed by atoms with Crippen molar-refractivity contribution in [3.63, 3.8) is 0 Å². The minimum Gasteiger partial charge on any atom is -0.504 e. The number of esters is 1. The second-order valence-corrected chi connectivity index (χ2v) is 6.33. The number of carbonyl (C=O) groups is 2. The first-order valence-electron chi connectivity index (χ1n) is 7.94. The number of carbonyl (C=O) groups excluding carboxylic acids is 2. The average Bonchev–Trinajstić information content (AvgIpc) is 2.67. The molecule has 6 nitrogen and oxygen atoms in total.